The maximum atomic E-state index is 12.5. The van der Waals surface area contributed by atoms with Gasteiger partial charge >= 0.3 is 0 Å². The summed E-state index contributed by atoms with van der Waals surface area (Å²) in [5, 5.41) is 0.817. The Morgan fingerprint density at radius 2 is 1.44 bits per heavy atom. The lowest BCUT2D eigenvalue weighted by atomic mass is 10.1. The number of thioether (sulfide) groups is 1. The molecule has 3 aromatic rings. The first kappa shape index (κ1) is 22.3. The molecule has 0 atom stereocenters. The molecule has 3 aromatic carbocycles. The fourth-order valence-corrected chi connectivity index (χ4v) is 4.88. The maximum absolute atomic E-state index is 12.5. The molecule has 1 fully saturated rings. The van der Waals surface area contributed by atoms with Gasteiger partial charge in [0, 0.05) is 13.1 Å². The molecule has 1 saturated heterocycles. The van der Waals surface area contributed by atoms with Crippen LogP contribution in [0.15, 0.2) is 88.8 Å². The molecule has 0 radical (unpaired) electrons. The molecule has 0 aliphatic carbocycles. The van der Waals surface area contributed by atoms with Crippen LogP contribution < -0.4 is 9.47 Å². The highest BCUT2D eigenvalue weighted by Crippen LogP contribution is 2.35. The van der Waals surface area contributed by atoms with E-state index in [0.29, 0.717) is 29.6 Å². The molecule has 172 valence electrons. The standard InChI is InChI=1S/C28H26N2O3S/c31-27-26(34-28(29-27)30-15-7-8-16-30)18-23-13-14-24(32-19-21-9-3-1-4-10-21)25(17-23)33-20-22-11-5-2-6-12-22/h1-6,9-14,17-18H,7-8,15-16,19-20H2/b26-18+. The van der Waals surface area contributed by atoms with Gasteiger partial charge in [0.15, 0.2) is 16.7 Å². The summed E-state index contributed by atoms with van der Waals surface area (Å²) in [7, 11) is 0. The molecule has 1 amide bonds. The fraction of sp³-hybridized carbons (Fsp3) is 0.214. The van der Waals surface area contributed by atoms with Crippen LogP contribution in [0.4, 0.5) is 0 Å². The van der Waals surface area contributed by atoms with E-state index < -0.39 is 0 Å². The highest BCUT2D eigenvalue weighted by atomic mass is 32.2. The summed E-state index contributed by atoms with van der Waals surface area (Å²) in [5.74, 6) is 1.13. The molecule has 34 heavy (non-hydrogen) atoms. The molecule has 2 heterocycles. The molecule has 2 aliphatic rings. The number of rotatable bonds is 7. The first-order valence-electron chi connectivity index (χ1n) is 11.5. The molecule has 0 aromatic heterocycles. The number of hydrogen-bond donors (Lipinski definition) is 0. The average molecular weight is 471 g/mol. The number of ether oxygens (including phenoxy) is 2. The second-order valence-electron chi connectivity index (χ2n) is 8.26. The van der Waals surface area contributed by atoms with Crippen molar-refractivity contribution in [2.24, 2.45) is 4.99 Å². The van der Waals surface area contributed by atoms with E-state index >= 15 is 0 Å². The Kier molecular flexibility index (Phi) is 6.96. The highest BCUT2D eigenvalue weighted by Gasteiger charge is 2.27. The molecule has 5 nitrogen and oxygen atoms in total. The van der Waals surface area contributed by atoms with Gasteiger partial charge in [0.1, 0.15) is 13.2 Å². The summed E-state index contributed by atoms with van der Waals surface area (Å²) < 4.78 is 12.3. The Bertz CT molecular complexity index is 1200. The maximum Gasteiger partial charge on any atom is 0.286 e. The lowest BCUT2D eigenvalue weighted by Gasteiger charge is -2.15. The molecule has 0 unspecified atom stereocenters. The third kappa shape index (κ3) is 5.51. The molecular weight excluding hydrogens is 444 g/mol. The van der Waals surface area contributed by atoms with Crippen LogP contribution in [0.2, 0.25) is 0 Å². The van der Waals surface area contributed by atoms with Gasteiger partial charge in [-0.25, -0.2) is 0 Å². The zero-order valence-corrected chi connectivity index (χ0v) is 19.7. The second kappa shape index (κ2) is 10.6. The van der Waals surface area contributed by atoms with Gasteiger partial charge in [-0.15, -0.1) is 0 Å². The van der Waals surface area contributed by atoms with E-state index in [2.05, 4.69) is 9.89 Å². The topological polar surface area (TPSA) is 51.1 Å². The summed E-state index contributed by atoms with van der Waals surface area (Å²) in [6.45, 7) is 2.82. The summed E-state index contributed by atoms with van der Waals surface area (Å²) in [5.41, 5.74) is 3.04. The van der Waals surface area contributed by atoms with Gasteiger partial charge in [0.05, 0.1) is 4.91 Å². The first-order chi connectivity index (χ1) is 16.7. The number of carbonyl (C=O) groups is 1. The van der Waals surface area contributed by atoms with E-state index in [9.17, 15) is 4.79 Å². The van der Waals surface area contributed by atoms with Crippen LogP contribution >= 0.6 is 11.8 Å². The zero-order valence-electron chi connectivity index (χ0n) is 18.9. The summed E-state index contributed by atoms with van der Waals surface area (Å²) in [6, 6.07) is 25.9. The number of aliphatic imine (C=N–C) groups is 1. The summed E-state index contributed by atoms with van der Waals surface area (Å²) in [6.07, 6.45) is 4.19. The minimum atomic E-state index is -0.178. The molecule has 2 aliphatic heterocycles. The normalized spacial score (nSPS) is 16.7. The predicted molar refractivity (Wildman–Crippen MR) is 137 cm³/mol. The zero-order chi connectivity index (χ0) is 23.2. The number of hydrogen-bond acceptors (Lipinski definition) is 5. The Hall–Kier alpha value is -3.51. The van der Waals surface area contributed by atoms with Crippen molar-refractivity contribution in [1.82, 2.24) is 4.90 Å². The summed E-state index contributed by atoms with van der Waals surface area (Å²) >= 11 is 1.45. The molecule has 5 rings (SSSR count). The van der Waals surface area contributed by atoms with Crippen molar-refractivity contribution in [3.05, 3.63) is 100 Å². The van der Waals surface area contributed by atoms with E-state index in [1.807, 2.05) is 84.9 Å². The minimum Gasteiger partial charge on any atom is -0.485 e. The highest BCUT2D eigenvalue weighted by molar-refractivity contribution is 8.18. The van der Waals surface area contributed by atoms with Crippen molar-refractivity contribution in [1.29, 1.82) is 0 Å². The number of likely N-dealkylation sites (tertiary alicyclic amines) is 1. The average Bonchev–Trinajstić information content (AvgIpc) is 3.54. The van der Waals surface area contributed by atoms with Crippen LogP contribution in [0.25, 0.3) is 6.08 Å². The molecule has 0 saturated carbocycles. The van der Waals surface area contributed by atoms with Gasteiger partial charge in [-0.05, 0) is 59.5 Å². The van der Waals surface area contributed by atoms with Crippen molar-refractivity contribution >= 4 is 28.9 Å². The molecule has 0 spiro atoms. The van der Waals surface area contributed by atoms with E-state index in [1.165, 1.54) is 11.8 Å². The molecular formula is C28H26N2O3S. The third-order valence-electron chi connectivity index (χ3n) is 5.73. The molecule has 0 bridgehead atoms. The van der Waals surface area contributed by atoms with Crippen molar-refractivity contribution in [3.63, 3.8) is 0 Å². The molecule has 6 heteroatoms. The van der Waals surface area contributed by atoms with Gasteiger partial charge < -0.3 is 14.4 Å². The number of amides is 1. The number of benzene rings is 3. The smallest absolute Gasteiger partial charge is 0.286 e. The van der Waals surface area contributed by atoms with Crippen molar-refractivity contribution in [2.45, 2.75) is 26.1 Å². The first-order valence-corrected chi connectivity index (χ1v) is 12.3. The Labute approximate surface area is 204 Å². The third-order valence-corrected chi connectivity index (χ3v) is 6.77. The number of nitrogens with zero attached hydrogens (tertiary/aromatic N) is 2. The monoisotopic (exact) mass is 470 g/mol. The number of amidine groups is 1. The lowest BCUT2D eigenvalue weighted by Crippen LogP contribution is -2.23. The van der Waals surface area contributed by atoms with Gasteiger partial charge in [0.2, 0.25) is 0 Å². The van der Waals surface area contributed by atoms with Crippen molar-refractivity contribution in [2.75, 3.05) is 13.1 Å². The fourth-order valence-electron chi connectivity index (χ4n) is 3.91. The van der Waals surface area contributed by atoms with Crippen LogP contribution in [-0.4, -0.2) is 29.1 Å². The van der Waals surface area contributed by atoms with Gasteiger partial charge in [-0.1, -0.05) is 66.7 Å². The quantitative estimate of drug-likeness (QED) is 0.402. The van der Waals surface area contributed by atoms with Gasteiger partial charge in [0.25, 0.3) is 5.91 Å². The lowest BCUT2D eigenvalue weighted by molar-refractivity contribution is -0.113. The second-order valence-corrected chi connectivity index (χ2v) is 9.27. The van der Waals surface area contributed by atoms with Gasteiger partial charge in [-0.3, -0.25) is 4.79 Å². The Morgan fingerprint density at radius 3 is 2.09 bits per heavy atom. The van der Waals surface area contributed by atoms with E-state index in [4.69, 9.17) is 9.47 Å². The van der Waals surface area contributed by atoms with Crippen LogP contribution in [0.5, 0.6) is 11.5 Å². The van der Waals surface area contributed by atoms with Crippen LogP contribution in [0.3, 0.4) is 0 Å². The predicted octanol–water partition coefficient (Wildman–Crippen LogP) is 5.91. The van der Waals surface area contributed by atoms with Crippen molar-refractivity contribution in [3.8, 4) is 11.5 Å². The Balaban J connectivity index is 1.35. The SMILES string of the molecule is O=C1N=C(N2CCCC2)S/C1=C/c1ccc(OCc2ccccc2)c(OCc2ccccc2)c1. The number of carbonyl (C=O) groups excluding carboxylic acids is 1. The van der Waals surface area contributed by atoms with Gasteiger partial charge in [-0.2, -0.15) is 4.99 Å². The van der Waals surface area contributed by atoms with E-state index in [-0.39, 0.29) is 5.91 Å². The van der Waals surface area contributed by atoms with Crippen LogP contribution in [0, 0.1) is 0 Å². The Morgan fingerprint density at radius 1 is 0.824 bits per heavy atom. The van der Waals surface area contributed by atoms with E-state index in [1.54, 1.807) is 0 Å². The van der Waals surface area contributed by atoms with Crippen LogP contribution in [0.1, 0.15) is 29.5 Å². The van der Waals surface area contributed by atoms with Crippen LogP contribution in [-0.2, 0) is 18.0 Å². The van der Waals surface area contributed by atoms with E-state index in [0.717, 1.165) is 47.8 Å². The molecule has 0 N–H and O–H groups in total. The summed E-state index contributed by atoms with van der Waals surface area (Å²) in [4.78, 5) is 19.6. The minimum absolute atomic E-state index is 0.178. The van der Waals surface area contributed by atoms with Crippen molar-refractivity contribution < 1.29 is 14.3 Å². The largest absolute Gasteiger partial charge is 0.485 e.